The maximum absolute atomic E-state index is 12.0. The van der Waals surface area contributed by atoms with Crippen LogP contribution in [0.25, 0.3) is 0 Å². The van der Waals surface area contributed by atoms with Gasteiger partial charge in [0.05, 0.1) is 8.95 Å². The number of hydrogen-bond donors (Lipinski definition) is 1. The van der Waals surface area contributed by atoms with E-state index in [1.807, 2.05) is 31.2 Å². The Morgan fingerprint density at radius 2 is 1.86 bits per heavy atom. The zero-order valence-corrected chi connectivity index (χ0v) is 14.9. The standard InChI is InChI=1S/C16H13Br2NO3/c1-10-4-2-3-5-14(10)19-15(21)9-22-16-12(17)6-11(8-20)7-13(16)18/h2-8H,9H2,1H3,(H,19,21). The van der Waals surface area contributed by atoms with Crippen LogP contribution in [0.1, 0.15) is 15.9 Å². The average molecular weight is 427 g/mol. The zero-order valence-electron chi connectivity index (χ0n) is 11.7. The van der Waals surface area contributed by atoms with Gasteiger partial charge in [0.15, 0.2) is 6.61 Å². The molecule has 2 aromatic carbocycles. The quantitative estimate of drug-likeness (QED) is 0.723. The molecule has 0 unspecified atom stereocenters. The highest BCUT2D eigenvalue weighted by atomic mass is 79.9. The van der Waals surface area contributed by atoms with E-state index in [0.717, 1.165) is 17.5 Å². The third-order valence-corrected chi connectivity index (χ3v) is 4.10. The predicted molar refractivity (Wildman–Crippen MR) is 92.5 cm³/mol. The molecule has 1 N–H and O–H groups in total. The van der Waals surface area contributed by atoms with Crippen LogP contribution in [0.5, 0.6) is 5.75 Å². The lowest BCUT2D eigenvalue weighted by Gasteiger charge is -2.12. The van der Waals surface area contributed by atoms with Crippen LogP contribution in [0.15, 0.2) is 45.3 Å². The lowest BCUT2D eigenvalue weighted by Crippen LogP contribution is -2.20. The van der Waals surface area contributed by atoms with Crippen molar-refractivity contribution in [1.82, 2.24) is 0 Å². The van der Waals surface area contributed by atoms with Crippen LogP contribution in [-0.2, 0) is 4.79 Å². The number of amides is 1. The highest BCUT2D eigenvalue weighted by molar-refractivity contribution is 9.11. The maximum Gasteiger partial charge on any atom is 0.262 e. The number of benzene rings is 2. The number of carbonyl (C=O) groups is 2. The Labute approximate surface area is 145 Å². The Hall–Kier alpha value is -1.66. The third-order valence-electron chi connectivity index (χ3n) is 2.92. The molecule has 0 aliphatic carbocycles. The minimum atomic E-state index is -0.257. The van der Waals surface area contributed by atoms with Crippen molar-refractivity contribution in [1.29, 1.82) is 0 Å². The molecule has 0 aromatic heterocycles. The van der Waals surface area contributed by atoms with Crippen molar-refractivity contribution >= 4 is 49.7 Å². The normalized spacial score (nSPS) is 10.1. The van der Waals surface area contributed by atoms with Crippen LogP contribution in [0.4, 0.5) is 5.69 Å². The van der Waals surface area contributed by atoms with Crippen molar-refractivity contribution in [2.24, 2.45) is 0 Å². The SMILES string of the molecule is Cc1ccccc1NC(=O)COc1c(Br)cc(C=O)cc1Br. The first-order valence-electron chi connectivity index (χ1n) is 6.43. The van der Waals surface area contributed by atoms with Gasteiger partial charge in [0.1, 0.15) is 12.0 Å². The van der Waals surface area contributed by atoms with E-state index in [0.29, 0.717) is 20.3 Å². The van der Waals surface area contributed by atoms with Gasteiger partial charge in [-0.25, -0.2) is 0 Å². The Morgan fingerprint density at radius 3 is 2.45 bits per heavy atom. The molecule has 0 heterocycles. The van der Waals surface area contributed by atoms with Crippen molar-refractivity contribution in [2.75, 3.05) is 11.9 Å². The summed E-state index contributed by atoms with van der Waals surface area (Å²) in [6, 6.07) is 10.8. The average Bonchev–Trinajstić information content (AvgIpc) is 2.48. The van der Waals surface area contributed by atoms with Crippen LogP contribution < -0.4 is 10.1 Å². The number of aryl methyl sites for hydroxylation is 1. The molecule has 0 radical (unpaired) electrons. The molecule has 0 saturated heterocycles. The fourth-order valence-corrected chi connectivity index (χ4v) is 3.27. The van der Waals surface area contributed by atoms with Gasteiger partial charge < -0.3 is 10.1 Å². The van der Waals surface area contributed by atoms with Gasteiger partial charge in [-0.3, -0.25) is 9.59 Å². The molecule has 2 rings (SSSR count). The fraction of sp³-hybridized carbons (Fsp3) is 0.125. The van der Waals surface area contributed by atoms with Gasteiger partial charge in [-0.05, 0) is 62.5 Å². The van der Waals surface area contributed by atoms with Crippen molar-refractivity contribution < 1.29 is 14.3 Å². The molecule has 2 aromatic rings. The largest absolute Gasteiger partial charge is 0.481 e. The van der Waals surface area contributed by atoms with Crippen molar-refractivity contribution in [3.63, 3.8) is 0 Å². The summed E-state index contributed by atoms with van der Waals surface area (Å²) in [6.45, 7) is 1.79. The number of anilines is 1. The number of carbonyl (C=O) groups excluding carboxylic acids is 2. The summed E-state index contributed by atoms with van der Waals surface area (Å²) in [5.41, 5.74) is 2.24. The zero-order chi connectivity index (χ0) is 16.1. The predicted octanol–water partition coefficient (Wildman–Crippen LogP) is 4.35. The number of halogens is 2. The molecular weight excluding hydrogens is 414 g/mol. The molecule has 6 heteroatoms. The van der Waals surface area contributed by atoms with Gasteiger partial charge in [0, 0.05) is 11.3 Å². The Kier molecular flexibility index (Phi) is 5.74. The summed E-state index contributed by atoms with van der Waals surface area (Å²) in [4.78, 5) is 22.7. The second-order valence-corrected chi connectivity index (χ2v) is 6.29. The molecule has 22 heavy (non-hydrogen) atoms. The number of rotatable bonds is 5. The molecule has 1 amide bonds. The van der Waals surface area contributed by atoms with E-state index in [9.17, 15) is 9.59 Å². The Balaban J connectivity index is 2.03. The van der Waals surface area contributed by atoms with Crippen molar-refractivity contribution in [2.45, 2.75) is 6.92 Å². The minimum absolute atomic E-state index is 0.133. The molecule has 0 spiro atoms. The fourth-order valence-electron chi connectivity index (χ4n) is 1.82. The van der Waals surface area contributed by atoms with E-state index >= 15 is 0 Å². The minimum Gasteiger partial charge on any atom is -0.481 e. The first-order chi connectivity index (χ1) is 10.5. The molecule has 0 fully saturated rings. The molecule has 4 nitrogen and oxygen atoms in total. The summed E-state index contributed by atoms with van der Waals surface area (Å²) in [7, 11) is 0. The number of ether oxygens (including phenoxy) is 1. The molecular formula is C16H13Br2NO3. The Morgan fingerprint density at radius 1 is 1.23 bits per heavy atom. The molecule has 0 aliphatic heterocycles. The molecule has 0 aliphatic rings. The lowest BCUT2D eigenvalue weighted by molar-refractivity contribution is -0.118. The first kappa shape index (κ1) is 16.7. The highest BCUT2D eigenvalue weighted by Crippen LogP contribution is 2.34. The smallest absolute Gasteiger partial charge is 0.262 e. The van der Waals surface area contributed by atoms with Crippen molar-refractivity contribution in [3.8, 4) is 5.75 Å². The summed E-state index contributed by atoms with van der Waals surface area (Å²) < 4.78 is 6.73. The van der Waals surface area contributed by atoms with Crippen LogP contribution >= 0.6 is 31.9 Å². The second kappa shape index (κ2) is 7.56. The molecule has 0 bridgehead atoms. The van der Waals surface area contributed by atoms with Gasteiger partial charge in [-0.15, -0.1) is 0 Å². The van der Waals surface area contributed by atoms with Crippen LogP contribution in [0.3, 0.4) is 0 Å². The molecule has 0 saturated carbocycles. The van der Waals surface area contributed by atoms with Gasteiger partial charge in [0.2, 0.25) is 0 Å². The second-order valence-electron chi connectivity index (χ2n) is 4.58. The number of aldehydes is 1. The molecule has 114 valence electrons. The number of para-hydroxylation sites is 1. The summed E-state index contributed by atoms with van der Waals surface area (Å²) >= 11 is 6.64. The van der Waals surface area contributed by atoms with E-state index in [2.05, 4.69) is 37.2 Å². The van der Waals surface area contributed by atoms with E-state index in [1.54, 1.807) is 12.1 Å². The van der Waals surface area contributed by atoms with E-state index in [1.165, 1.54) is 0 Å². The van der Waals surface area contributed by atoms with E-state index in [4.69, 9.17) is 4.74 Å². The first-order valence-corrected chi connectivity index (χ1v) is 8.02. The summed E-state index contributed by atoms with van der Waals surface area (Å²) in [6.07, 6.45) is 0.740. The van der Waals surface area contributed by atoms with Crippen LogP contribution in [0.2, 0.25) is 0 Å². The summed E-state index contributed by atoms with van der Waals surface area (Å²) in [5, 5.41) is 2.79. The lowest BCUT2D eigenvalue weighted by atomic mass is 10.2. The van der Waals surface area contributed by atoms with Gasteiger partial charge >= 0.3 is 0 Å². The monoisotopic (exact) mass is 425 g/mol. The summed E-state index contributed by atoms with van der Waals surface area (Å²) in [5.74, 6) is 0.220. The topological polar surface area (TPSA) is 55.4 Å². The Bertz CT molecular complexity index is 693. The molecule has 0 atom stereocenters. The van der Waals surface area contributed by atoms with E-state index < -0.39 is 0 Å². The number of nitrogens with one attached hydrogen (secondary N) is 1. The maximum atomic E-state index is 12.0. The highest BCUT2D eigenvalue weighted by Gasteiger charge is 2.11. The number of hydrogen-bond acceptors (Lipinski definition) is 3. The third kappa shape index (κ3) is 4.18. The van der Waals surface area contributed by atoms with E-state index in [-0.39, 0.29) is 12.5 Å². The van der Waals surface area contributed by atoms with Gasteiger partial charge in [0.25, 0.3) is 5.91 Å². The van der Waals surface area contributed by atoms with Gasteiger partial charge in [-0.2, -0.15) is 0 Å². The van der Waals surface area contributed by atoms with Gasteiger partial charge in [-0.1, -0.05) is 18.2 Å². The van der Waals surface area contributed by atoms with Crippen LogP contribution in [0, 0.1) is 6.92 Å². The van der Waals surface area contributed by atoms with Crippen molar-refractivity contribution in [3.05, 3.63) is 56.5 Å². The van der Waals surface area contributed by atoms with Crippen LogP contribution in [-0.4, -0.2) is 18.8 Å².